The molecule has 1 aliphatic heterocycles. The average Bonchev–Trinajstić information content (AvgIpc) is 3.40. The number of carbonyl (C=O) groups is 2. The molecule has 0 unspecified atom stereocenters. The monoisotopic (exact) mass is 467 g/mol. The highest BCUT2D eigenvalue weighted by atomic mass is 32.1. The highest BCUT2D eigenvalue weighted by molar-refractivity contribution is 7.19. The molecule has 3 heterocycles. The molecule has 2 N–H and O–H groups in total. The van der Waals surface area contributed by atoms with Crippen molar-refractivity contribution in [2.75, 3.05) is 6.54 Å². The number of amides is 2. The Morgan fingerprint density at radius 2 is 1.56 bits per heavy atom. The summed E-state index contributed by atoms with van der Waals surface area (Å²) in [6, 6.07) is 23.2. The van der Waals surface area contributed by atoms with Gasteiger partial charge in [-0.05, 0) is 54.3 Å². The molecular weight excluding hydrogens is 442 g/mol. The summed E-state index contributed by atoms with van der Waals surface area (Å²) in [5, 5.41) is 0. The summed E-state index contributed by atoms with van der Waals surface area (Å²) < 4.78 is 3.31. The van der Waals surface area contributed by atoms with Crippen molar-refractivity contribution in [3.05, 3.63) is 88.5 Å². The average molecular weight is 468 g/mol. The molecule has 0 aliphatic carbocycles. The van der Waals surface area contributed by atoms with Gasteiger partial charge in [-0.2, -0.15) is 0 Å². The van der Waals surface area contributed by atoms with Crippen LogP contribution in [0.4, 0.5) is 0 Å². The van der Waals surface area contributed by atoms with E-state index in [0.717, 1.165) is 26.4 Å². The number of hydrogen-bond acceptors (Lipinski definition) is 4. The second kappa shape index (κ2) is 8.47. The quantitative estimate of drug-likeness (QED) is 0.315. The predicted octanol–water partition coefficient (Wildman–Crippen LogP) is 5.58. The number of likely N-dealkylation sites (N-methyl/N-ethyl adjacent to an activating group) is 1. The van der Waals surface area contributed by atoms with Gasteiger partial charge >= 0.3 is 0 Å². The van der Waals surface area contributed by atoms with Gasteiger partial charge < -0.3 is 10.3 Å². The summed E-state index contributed by atoms with van der Waals surface area (Å²) in [4.78, 5) is 27.3. The van der Waals surface area contributed by atoms with Gasteiger partial charge in [-0.1, -0.05) is 54.6 Å². The molecule has 2 aromatic carbocycles. The van der Waals surface area contributed by atoms with Gasteiger partial charge in [0.1, 0.15) is 5.70 Å². The Bertz CT molecular complexity index is 1490. The zero-order valence-corrected chi connectivity index (χ0v) is 20.1. The first-order chi connectivity index (χ1) is 16.4. The fourth-order valence-corrected chi connectivity index (χ4v) is 5.46. The van der Waals surface area contributed by atoms with Crippen LogP contribution in [0.2, 0.25) is 0 Å². The Morgan fingerprint density at radius 1 is 0.912 bits per heavy atom. The maximum absolute atomic E-state index is 12.9. The Labute approximate surface area is 202 Å². The number of fused-ring (bicyclic) bond motifs is 1. The summed E-state index contributed by atoms with van der Waals surface area (Å²) in [6.07, 6.45) is 1.85. The molecule has 2 aromatic heterocycles. The molecule has 0 fully saturated rings. The van der Waals surface area contributed by atoms with Crippen LogP contribution in [-0.4, -0.2) is 27.8 Å². The molecule has 0 spiro atoms. The van der Waals surface area contributed by atoms with Crippen molar-refractivity contribution >= 4 is 39.4 Å². The van der Waals surface area contributed by atoms with Crippen LogP contribution in [0.3, 0.4) is 0 Å². The number of imide groups is 1. The van der Waals surface area contributed by atoms with Crippen molar-refractivity contribution in [1.29, 1.82) is 0 Å². The second-order valence-corrected chi connectivity index (χ2v) is 9.50. The number of aryl methyl sites for hydroxylation is 1. The minimum Gasteiger partial charge on any atom is -0.394 e. The molecule has 0 radical (unpaired) electrons. The van der Waals surface area contributed by atoms with Crippen LogP contribution in [0.1, 0.15) is 18.7 Å². The number of aromatic nitrogens is 1. The summed E-state index contributed by atoms with van der Waals surface area (Å²) in [7, 11) is 2.05. The maximum Gasteiger partial charge on any atom is 0.276 e. The van der Waals surface area contributed by atoms with Crippen molar-refractivity contribution in [2.45, 2.75) is 13.8 Å². The third-order valence-electron chi connectivity index (χ3n) is 6.40. The molecule has 2 amide bonds. The molecular formula is C28H25N3O2S. The van der Waals surface area contributed by atoms with Crippen molar-refractivity contribution in [2.24, 2.45) is 12.8 Å². The van der Waals surface area contributed by atoms with Gasteiger partial charge in [-0.15, -0.1) is 11.3 Å². The van der Waals surface area contributed by atoms with E-state index in [1.807, 2.05) is 24.3 Å². The molecule has 6 heteroatoms. The first-order valence-electron chi connectivity index (χ1n) is 11.2. The first kappa shape index (κ1) is 21.9. The first-order valence-corrected chi connectivity index (χ1v) is 12.0. The van der Waals surface area contributed by atoms with Gasteiger partial charge in [0.25, 0.3) is 11.8 Å². The van der Waals surface area contributed by atoms with Crippen molar-refractivity contribution in [3.8, 4) is 22.4 Å². The minimum atomic E-state index is -0.415. The molecule has 170 valence electrons. The summed E-state index contributed by atoms with van der Waals surface area (Å²) >= 11 is 1.62. The van der Waals surface area contributed by atoms with E-state index in [2.05, 4.69) is 60.1 Å². The topological polar surface area (TPSA) is 68.3 Å². The lowest BCUT2D eigenvalue weighted by Gasteiger charge is -2.26. The fraction of sp³-hybridized carbons (Fsp3) is 0.143. The highest BCUT2D eigenvalue weighted by Gasteiger charge is 2.33. The van der Waals surface area contributed by atoms with E-state index in [9.17, 15) is 9.59 Å². The fourth-order valence-electron chi connectivity index (χ4n) is 4.39. The molecule has 5 rings (SSSR count). The molecule has 4 aromatic rings. The smallest absolute Gasteiger partial charge is 0.276 e. The third kappa shape index (κ3) is 3.56. The zero-order chi connectivity index (χ0) is 24.0. The largest absolute Gasteiger partial charge is 0.394 e. The van der Waals surface area contributed by atoms with E-state index in [-0.39, 0.29) is 11.6 Å². The molecule has 0 atom stereocenters. The number of hydrogen-bond donors (Lipinski definition) is 1. The number of carbonyl (C=O) groups excluding carboxylic acids is 2. The van der Waals surface area contributed by atoms with E-state index < -0.39 is 5.91 Å². The standard InChI is InChI=1S/C28H25N3O2S/c1-4-31-27(32)22(17(2)26(29)28(31)33)14-21-15-24-25(34-21)16-23(30(24)3)20-12-10-19(11-13-20)18-8-6-5-7-9-18/h5-16H,4,29H2,1-3H3/b22-14-. The molecule has 0 saturated heterocycles. The highest BCUT2D eigenvalue weighted by Crippen LogP contribution is 2.36. The summed E-state index contributed by atoms with van der Waals surface area (Å²) in [6.45, 7) is 3.80. The van der Waals surface area contributed by atoms with E-state index >= 15 is 0 Å². The van der Waals surface area contributed by atoms with Crippen molar-refractivity contribution in [1.82, 2.24) is 9.47 Å². The summed E-state index contributed by atoms with van der Waals surface area (Å²) in [5.74, 6) is -0.711. The molecule has 34 heavy (non-hydrogen) atoms. The van der Waals surface area contributed by atoms with Crippen LogP contribution in [0.25, 0.3) is 38.7 Å². The Morgan fingerprint density at radius 3 is 2.21 bits per heavy atom. The lowest BCUT2D eigenvalue weighted by atomic mass is 9.98. The van der Waals surface area contributed by atoms with Crippen molar-refractivity contribution < 1.29 is 9.59 Å². The Balaban J connectivity index is 1.49. The van der Waals surface area contributed by atoms with Crippen LogP contribution in [0.15, 0.2) is 83.6 Å². The number of benzene rings is 2. The number of thiophene rings is 1. The van der Waals surface area contributed by atoms with Crippen LogP contribution < -0.4 is 5.73 Å². The van der Waals surface area contributed by atoms with E-state index in [0.29, 0.717) is 17.7 Å². The SMILES string of the molecule is CCN1C(=O)C(N)=C(C)/C(=C/c2cc3c(cc(-c4ccc(-c5ccccc5)cc4)n3C)s2)C1=O. The van der Waals surface area contributed by atoms with Gasteiger partial charge in [0.2, 0.25) is 0 Å². The Hall–Kier alpha value is -3.90. The number of rotatable bonds is 4. The molecule has 5 nitrogen and oxygen atoms in total. The molecule has 1 aliphatic rings. The second-order valence-electron chi connectivity index (χ2n) is 8.38. The van der Waals surface area contributed by atoms with E-state index in [1.165, 1.54) is 16.0 Å². The lowest BCUT2D eigenvalue weighted by molar-refractivity contribution is -0.140. The lowest BCUT2D eigenvalue weighted by Crippen LogP contribution is -2.44. The predicted molar refractivity (Wildman–Crippen MR) is 139 cm³/mol. The Kier molecular flexibility index (Phi) is 5.46. The molecule has 0 bridgehead atoms. The van der Waals surface area contributed by atoms with Gasteiger partial charge in [0.15, 0.2) is 0 Å². The van der Waals surface area contributed by atoms with Crippen LogP contribution in [-0.2, 0) is 16.6 Å². The van der Waals surface area contributed by atoms with E-state index in [1.54, 1.807) is 25.2 Å². The minimum absolute atomic E-state index is 0.134. The van der Waals surface area contributed by atoms with Crippen molar-refractivity contribution in [3.63, 3.8) is 0 Å². The van der Waals surface area contributed by atoms with Gasteiger partial charge in [0.05, 0.1) is 10.2 Å². The third-order valence-corrected chi connectivity index (χ3v) is 7.42. The maximum atomic E-state index is 12.9. The summed E-state index contributed by atoms with van der Waals surface area (Å²) in [5.41, 5.74) is 12.9. The van der Waals surface area contributed by atoms with Gasteiger partial charge in [0, 0.05) is 29.7 Å². The van der Waals surface area contributed by atoms with Crippen LogP contribution >= 0.6 is 11.3 Å². The normalized spacial score (nSPS) is 15.7. The van der Waals surface area contributed by atoms with Gasteiger partial charge in [-0.25, -0.2) is 0 Å². The van der Waals surface area contributed by atoms with Gasteiger partial charge in [-0.3, -0.25) is 14.5 Å². The van der Waals surface area contributed by atoms with Crippen LogP contribution in [0, 0.1) is 0 Å². The van der Waals surface area contributed by atoms with Crippen LogP contribution in [0.5, 0.6) is 0 Å². The zero-order valence-electron chi connectivity index (χ0n) is 19.3. The number of nitrogens with two attached hydrogens (primary N) is 1. The van der Waals surface area contributed by atoms with E-state index in [4.69, 9.17) is 5.73 Å². The number of nitrogens with zero attached hydrogens (tertiary/aromatic N) is 2. The molecule has 0 saturated carbocycles.